The minimum Gasteiger partial charge on any atom is -0.341 e. The highest BCUT2D eigenvalue weighted by Crippen LogP contribution is 2.55. The number of carbonyl (C=O) groups is 1. The van der Waals surface area contributed by atoms with Crippen molar-refractivity contribution in [2.24, 2.45) is 5.41 Å². The lowest BCUT2D eigenvalue weighted by Gasteiger charge is -2.33. The quantitative estimate of drug-likeness (QED) is 0.741. The lowest BCUT2D eigenvalue weighted by atomic mass is 9.85. The van der Waals surface area contributed by atoms with Gasteiger partial charge in [0.05, 0.1) is 0 Å². The van der Waals surface area contributed by atoms with Crippen LogP contribution in [0.3, 0.4) is 0 Å². The number of thioether (sulfide) groups is 1. The fourth-order valence-corrected chi connectivity index (χ4v) is 3.69. The van der Waals surface area contributed by atoms with Crippen molar-refractivity contribution < 1.29 is 31.1 Å². The van der Waals surface area contributed by atoms with E-state index in [4.69, 9.17) is 0 Å². The summed E-state index contributed by atoms with van der Waals surface area (Å²) < 4.78 is 77.6. The molecule has 0 saturated carbocycles. The van der Waals surface area contributed by atoms with Gasteiger partial charge in [-0.3, -0.25) is 4.79 Å². The van der Waals surface area contributed by atoms with Crippen molar-refractivity contribution in [1.29, 1.82) is 0 Å². The Balaban J connectivity index is 0.00000264. The van der Waals surface area contributed by atoms with E-state index in [2.05, 4.69) is 5.32 Å². The van der Waals surface area contributed by atoms with Crippen molar-refractivity contribution in [1.82, 2.24) is 10.2 Å². The molecule has 2 rings (SSSR count). The summed E-state index contributed by atoms with van der Waals surface area (Å²) in [5, 5.41) is 3.04. The second-order valence-electron chi connectivity index (χ2n) is 5.57. The van der Waals surface area contributed by atoms with Crippen LogP contribution in [0.4, 0.5) is 26.3 Å². The molecule has 2 aliphatic rings. The van der Waals surface area contributed by atoms with Gasteiger partial charge in [0.2, 0.25) is 5.91 Å². The number of rotatable bonds is 2. The van der Waals surface area contributed by atoms with Gasteiger partial charge in [-0.15, -0.1) is 12.4 Å². The molecule has 0 spiro atoms. The Kier molecular flexibility index (Phi) is 6.54. The van der Waals surface area contributed by atoms with Crippen LogP contribution >= 0.6 is 24.2 Å². The maximum atomic E-state index is 12.9. The Hall–Kier alpha value is -0.350. The van der Waals surface area contributed by atoms with Crippen LogP contribution in [0.5, 0.6) is 0 Å². The van der Waals surface area contributed by atoms with E-state index in [1.165, 1.54) is 0 Å². The highest BCUT2D eigenvalue weighted by molar-refractivity contribution is 7.99. The van der Waals surface area contributed by atoms with Crippen LogP contribution in [0.25, 0.3) is 0 Å². The van der Waals surface area contributed by atoms with Crippen LogP contribution < -0.4 is 5.32 Å². The Morgan fingerprint density at radius 2 is 1.83 bits per heavy atom. The van der Waals surface area contributed by atoms with E-state index in [0.717, 1.165) is 5.75 Å². The number of amides is 1. The summed E-state index contributed by atoms with van der Waals surface area (Å²) in [4.78, 5) is 12.7. The van der Waals surface area contributed by atoms with E-state index in [9.17, 15) is 31.1 Å². The molecule has 11 heteroatoms. The van der Waals surface area contributed by atoms with Gasteiger partial charge >= 0.3 is 12.4 Å². The molecule has 2 aliphatic heterocycles. The van der Waals surface area contributed by atoms with Crippen LogP contribution in [0, 0.1) is 5.41 Å². The minimum atomic E-state index is -5.42. The Morgan fingerprint density at radius 1 is 1.22 bits per heavy atom. The first kappa shape index (κ1) is 20.7. The maximum Gasteiger partial charge on any atom is 0.404 e. The molecule has 1 amide bonds. The number of hydrogen-bond acceptors (Lipinski definition) is 3. The predicted molar refractivity (Wildman–Crippen MR) is 76.7 cm³/mol. The molecule has 3 nitrogen and oxygen atoms in total. The first-order valence-corrected chi connectivity index (χ1v) is 7.95. The van der Waals surface area contributed by atoms with Gasteiger partial charge in [-0.2, -0.15) is 38.1 Å². The monoisotopic (exact) mass is 386 g/mol. The first-order valence-electron chi connectivity index (χ1n) is 6.79. The molecule has 0 bridgehead atoms. The zero-order valence-corrected chi connectivity index (χ0v) is 13.6. The van der Waals surface area contributed by atoms with Crippen molar-refractivity contribution in [2.75, 3.05) is 31.1 Å². The molecular formula is C12H17ClF6N2OS. The largest absolute Gasteiger partial charge is 0.404 e. The van der Waals surface area contributed by atoms with Crippen molar-refractivity contribution in [3.63, 3.8) is 0 Å². The van der Waals surface area contributed by atoms with E-state index in [1.54, 1.807) is 11.8 Å². The zero-order valence-electron chi connectivity index (χ0n) is 12.0. The third-order valence-electron chi connectivity index (χ3n) is 4.13. The topological polar surface area (TPSA) is 32.3 Å². The summed E-state index contributed by atoms with van der Waals surface area (Å²) in [6.07, 6.45) is -12.0. The van der Waals surface area contributed by atoms with Gasteiger partial charge in [-0.05, 0) is 6.42 Å². The van der Waals surface area contributed by atoms with E-state index in [-0.39, 0.29) is 24.9 Å². The van der Waals surface area contributed by atoms with Crippen molar-refractivity contribution >= 4 is 30.1 Å². The first-order chi connectivity index (χ1) is 10.1. The van der Waals surface area contributed by atoms with Crippen molar-refractivity contribution in [3.05, 3.63) is 0 Å². The fourth-order valence-electron chi connectivity index (χ4n) is 2.74. The molecule has 1 unspecified atom stereocenters. The van der Waals surface area contributed by atoms with E-state index < -0.39 is 43.2 Å². The Morgan fingerprint density at radius 3 is 2.26 bits per heavy atom. The standard InChI is InChI=1S/C12H16F6N2OS.ClH/c13-11(14,15)10(12(16,17)18)1-3-20(7-10)9(21)5-8-6-22-4-2-19-8;/h8,19H,1-7H2;1H. The highest BCUT2D eigenvalue weighted by atomic mass is 35.5. The molecular weight excluding hydrogens is 370 g/mol. The molecule has 136 valence electrons. The van der Waals surface area contributed by atoms with E-state index in [0.29, 0.717) is 17.2 Å². The molecule has 0 aliphatic carbocycles. The molecule has 0 aromatic carbocycles. The smallest absolute Gasteiger partial charge is 0.341 e. The summed E-state index contributed by atoms with van der Waals surface area (Å²) in [5.74, 6) is 0.846. The van der Waals surface area contributed by atoms with E-state index in [1.807, 2.05) is 0 Å². The second-order valence-corrected chi connectivity index (χ2v) is 6.72. The van der Waals surface area contributed by atoms with Crippen LogP contribution in [-0.4, -0.2) is 60.3 Å². The maximum absolute atomic E-state index is 12.9. The number of nitrogens with zero attached hydrogens (tertiary/aromatic N) is 1. The Labute approximate surface area is 139 Å². The van der Waals surface area contributed by atoms with Gasteiger partial charge in [-0.1, -0.05) is 0 Å². The van der Waals surface area contributed by atoms with Gasteiger partial charge in [-0.25, -0.2) is 0 Å². The number of likely N-dealkylation sites (tertiary alicyclic amines) is 1. The third kappa shape index (κ3) is 4.19. The van der Waals surface area contributed by atoms with Crippen LogP contribution in [0.1, 0.15) is 12.8 Å². The molecule has 2 saturated heterocycles. The van der Waals surface area contributed by atoms with Gasteiger partial charge in [0.1, 0.15) is 0 Å². The van der Waals surface area contributed by atoms with Crippen LogP contribution in [-0.2, 0) is 4.79 Å². The minimum absolute atomic E-state index is 0. The van der Waals surface area contributed by atoms with Crippen LogP contribution in [0.2, 0.25) is 0 Å². The molecule has 2 heterocycles. The normalized spacial score (nSPS) is 25.1. The number of hydrogen-bond donors (Lipinski definition) is 1. The van der Waals surface area contributed by atoms with Gasteiger partial charge < -0.3 is 10.2 Å². The third-order valence-corrected chi connectivity index (χ3v) is 5.26. The number of carbonyl (C=O) groups excluding carboxylic acids is 1. The van der Waals surface area contributed by atoms with Crippen LogP contribution in [0.15, 0.2) is 0 Å². The zero-order chi connectivity index (χ0) is 16.6. The molecule has 0 aromatic heterocycles. The number of halogens is 7. The van der Waals surface area contributed by atoms with Gasteiger partial charge in [0, 0.05) is 43.6 Å². The fraction of sp³-hybridized carbons (Fsp3) is 0.917. The molecule has 0 aromatic rings. The SMILES string of the molecule is Cl.O=C(CC1CSCCN1)N1CCC(C(F)(F)F)(C(F)(F)F)C1. The number of alkyl halides is 6. The average molecular weight is 387 g/mol. The number of nitrogens with one attached hydrogen (secondary N) is 1. The summed E-state index contributed by atoms with van der Waals surface area (Å²) in [7, 11) is 0. The predicted octanol–water partition coefficient (Wildman–Crippen LogP) is 2.85. The summed E-state index contributed by atoms with van der Waals surface area (Å²) in [6, 6.07) is -0.196. The Bertz CT molecular complexity index is 411. The highest BCUT2D eigenvalue weighted by Gasteiger charge is 2.72. The lowest BCUT2D eigenvalue weighted by molar-refractivity contribution is -0.334. The lowest BCUT2D eigenvalue weighted by Crippen LogP contribution is -2.52. The summed E-state index contributed by atoms with van der Waals surface area (Å²) in [6.45, 7) is -1.17. The second kappa shape index (κ2) is 7.26. The van der Waals surface area contributed by atoms with Crippen molar-refractivity contribution in [3.8, 4) is 0 Å². The summed E-state index contributed by atoms with van der Waals surface area (Å²) in [5.41, 5.74) is -3.80. The van der Waals surface area contributed by atoms with Gasteiger partial charge in [0.25, 0.3) is 0 Å². The molecule has 1 N–H and O–H groups in total. The summed E-state index contributed by atoms with van der Waals surface area (Å²) >= 11 is 1.60. The molecule has 23 heavy (non-hydrogen) atoms. The van der Waals surface area contributed by atoms with E-state index >= 15 is 0 Å². The van der Waals surface area contributed by atoms with Crippen molar-refractivity contribution in [2.45, 2.75) is 31.2 Å². The molecule has 2 fully saturated rings. The molecule has 0 radical (unpaired) electrons. The average Bonchev–Trinajstić information content (AvgIpc) is 2.85. The van der Waals surface area contributed by atoms with Gasteiger partial charge in [0.15, 0.2) is 5.41 Å². The molecule has 1 atom stereocenters.